The molecule has 2 rings (SSSR count). The van der Waals surface area contributed by atoms with Crippen molar-refractivity contribution < 1.29 is 0 Å². The Bertz CT molecular complexity index is 144. The summed E-state index contributed by atoms with van der Waals surface area (Å²) in [5, 5.41) is 0. The van der Waals surface area contributed by atoms with Crippen LogP contribution in [0, 0.1) is 5.92 Å². The van der Waals surface area contributed by atoms with Gasteiger partial charge in [-0.1, -0.05) is 6.08 Å². The van der Waals surface area contributed by atoms with Crippen LogP contribution in [0.1, 0.15) is 0 Å². The molecule has 2 aliphatic heterocycles. The molecule has 0 amide bonds. The molecule has 0 aliphatic carbocycles. The Hall–Kier alpha value is -0.240. The molecule has 0 aromatic rings. The van der Waals surface area contributed by atoms with E-state index < -0.39 is 0 Å². The van der Waals surface area contributed by atoms with Crippen molar-refractivity contribution in [1.82, 2.24) is 0 Å². The highest BCUT2D eigenvalue weighted by Gasteiger charge is 2.25. The molecule has 0 saturated carbocycles. The van der Waals surface area contributed by atoms with Gasteiger partial charge in [0.15, 0.2) is 0 Å². The third-order valence-electron chi connectivity index (χ3n) is 1.82. The summed E-state index contributed by atoms with van der Waals surface area (Å²) in [5.41, 5.74) is 0. The monoisotopic (exact) mass is 139 g/mol. The molecule has 9 heavy (non-hydrogen) atoms. The first-order chi connectivity index (χ1) is 4.47. The molecule has 0 radical (unpaired) electrons. The Morgan fingerprint density at radius 3 is 3.33 bits per heavy atom. The van der Waals surface area contributed by atoms with E-state index in [1.54, 1.807) is 0 Å². The fraction of sp³-hybridized carbons (Fsp3) is 0.571. The Morgan fingerprint density at radius 1 is 1.44 bits per heavy atom. The third kappa shape index (κ3) is 0.917. The van der Waals surface area contributed by atoms with Gasteiger partial charge in [-0.2, -0.15) is 11.8 Å². The maximum atomic E-state index is 4.36. The van der Waals surface area contributed by atoms with Gasteiger partial charge in [0.2, 0.25) is 0 Å². The van der Waals surface area contributed by atoms with E-state index in [9.17, 15) is 0 Å². The summed E-state index contributed by atoms with van der Waals surface area (Å²) in [6.45, 7) is 0. The van der Waals surface area contributed by atoms with Gasteiger partial charge in [-0.15, -0.1) is 0 Å². The maximum absolute atomic E-state index is 4.36. The summed E-state index contributed by atoms with van der Waals surface area (Å²) in [4.78, 5) is 4.36. The van der Waals surface area contributed by atoms with E-state index >= 15 is 0 Å². The van der Waals surface area contributed by atoms with Gasteiger partial charge in [-0.05, 0) is 6.08 Å². The van der Waals surface area contributed by atoms with Crippen LogP contribution in [0.5, 0.6) is 0 Å². The van der Waals surface area contributed by atoms with Crippen molar-refractivity contribution in [2.75, 3.05) is 11.5 Å². The number of hydrogen-bond donors (Lipinski definition) is 0. The minimum absolute atomic E-state index is 0.611. The minimum Gasteiger partial charge on any atom is -0.288 e. The molecule has 1 nitrogen and oxygen atoms in total. The van der Waals surface area contributed by atoms with Crippen molar-refractivity contribution in [3.63, 3.8) is 0 Å². The largest absolute Gasteiger partial charge is 0.288 e. The highest BCUT2D eigenvalue weighted by Crippen LogP contribution is 2.28. The van der Waals surface area contributed by atoms with Crippen LogP contribution in [0.15, 0.2) is 17.1 Å². The zero-order chi connectivity index (χ0) is 6.10. The molecule has 0 bridgehead atoms. The molecule has 2 heteroatoms. The lowest BCUT2D eigenvalue weighted by atomic mass is 10.0. The van der Waals surface area contributed by atoms with Crippen LogP contribution in [0.3, 0.4) is 0 Å². The van der Waals surface area contributed by atoms with E-state index in [1.165, 1.54) is 11.5 Å². The van der Waals surface area contributed by atoms with Gasteiger partial charge in [0.1, 0.15) is 0 Å². The number of nitrogens with zero attached hydrogens (tertiary/aromatic N) is 1. The van der Waals surface area contributed by atoms with E-state index in [0.29, 0.717) is 6.04 Å². The molecule has 2 aliphatic rings. The molecule has 1 fully saturated rings. The van der Waals surface area contributed by atoms with Crippen molar-refractivity contribution >= 4 is 18.0 Å². The van der Waals surface area contributed by atoms with E-state index in [-0.39, 0.29) is 0 Å². The number of hydrogen-bond acceptors (Lipinski definition) is 2. The van der Waals surface area contributed by atoms with Crippen molar-refractivity contribution in [3.05, 3.63) is 12.2 Å². The molecule has 2 atom stereocenters. The number of fused-ring (bicyclic) bond motifs is 1. The van der Waals surface area contributed by atoms with Gasteiger partial charge >= 0.3 is 0 Å². The SMILES string of the molecule is C1=CC2CSCC2N=C1. The minimum atomic E-state index is 0.611. The lowest BCUT2D eigenvalue weighted by Gasteiger charge is -2.11. The number of dihydropyridines is 1. The zero-order valence-electron chi connectivity index (χ0n) is 5.16. The van der Waals surface area contributed by atoms with Crippen LogP contribution >= 0.6 is 11.8 Å². The second kappa shape index (κ2) is 2.18. The maximum Gasteiger partial charge on any atom is 0.0660 e. The van der Waals surface area contributed by atoms with Gasteiger partial charge < -0.3 is 0 Å². The second-order valence-corrected chi connectivity index (χ2v) is 3.53. The number of thioether (sulfide) groups is 1. The van der Waals surface area contributed by atoms with Crippen molar-refractivity contribution in [2.24, 2.45) is 10.9 Å². The van der Waals surface area contributed by atoms with E-state index in [2.05, 4.69) is 17.1 Å². The smallest absolute Gasteiger partial charge is 0.0660 e. The molecule has 2 unspecified atom stereocenters. The first-order valence-corrected chi connectivity index (χ1v) is 4.40. The van der Waals surface area contributed by atoms with Gasteiger partial charge in [-0.3, -0.25) is 4.99 Å². The van der Waals surface area contributed by atoms with Crippen LogP contribution in [-0.2, 0) is 0 Å². The van der Waals surface area contributed by atoms with Gasteiger partial charge in [0.25, 0.3) is 0 Å². The highest BCUT2D eigenvalue weighted by atomic mass is 32.2. The summed E-state index contributed by atoms with van der Waals surface area (Å²) in [6.07, 6.45) is 6.26. The lowest BCUT2D eigenvalue weighted by Crippen LogP contribution is -2.16. The normalized spacial score (nSPS) is 39.1. The summed E-state index contributed by atoms with van der Waals surface area (Å²) < 4.78 is 0. The predicted molar refractivity (Wildman–Crippen MR) is 42.2 cm³/mol. The predicted octanol–water partition coefficient (Wildman–Crippen LogP) is 1.36. The quantitative estimate of drug-likeness (QED) is 0.493. The average Bonchev–Trinajstić information content (AvgIpc) is 2.33. The highest BCUT2D eigenvalue weighted by molar-refractivity contribution is 7.99. The second-order valence-electron chi connectivity index (χ2n) is 2.45. The Kier molecular flexibility index (Phi) is 1.34. The topological polar surface area (TPSA) is 12.4 Å². The molecule has 0 aromatic heterocycles. The van der Waals surface area contributed by atoms with Gasteiger partial charge in [-0.25, -0.2) is 0 Å². The Labute approximate surface area is 59.2 Å². The fourth-order valence-corrected chi connectivity index (χ4v) is 2.57. The molecule has 0 N–H and O–H groups in total. The molecule has 0 spiro atoms. The number of rotatable bonds is 0. The van der Waals surface area contributed by atoms with Crippen LogP contribution < -0.4 is 0 Å². The number of aliphatic imine (C=N–C) groups is 1. The van der Waals surface area contributed by atoms with Gasteiger partial charge in [0, 0.05) is 23.6 Å². The third-order valence-corrected chi connectivity index (χ3v) is 3.01. The summed E-state index contributed by atoms with van der Waals surface area (Å²) >= 11 is 2.01. The molecular formula is C7H9NS. The van der Waals surface area contributed by atoms with Crippen LogP contribution in [-0.4, -0.2) is 23.8 Å². The van der Waals surface area contributed by atoms with Crippen LogP contribution in [0.2, 0.25) is 0 Å². The molecular weight excluding hydrogens is 130 g/mol. The summed E-state index contributed by atoms with van der Waals surface area (Å²) in [7, 11) is 0. The van der Waals surface area contributed by atoms with Gasteiger partial charge in [0.05, 0.1) is 6.04 Å². The van der Waals surface area contributed by atoms with E-state index in [0.717, 1.165) is 5.92 Å². The fourth-order valence-electron chi connectivity index (χ4n) is 1.25. The van der Waals surface area contributed by atoms with Crippen LogP contribution in [0.4, 0.5) is 0 Å². The first-order valence-electron chi connectivity index (χ1n) is 3.24. The summed E-state index contributed by atoms with van der Waals surface area (Å²) in [6, 6.07) is 0.611. The van der Waals surface area contributed by atoms with Crippen molar-refractivity contribution in [1.29, 1.82) is 0 Å². The molecule has 2 heterocycles. The molecule has 0 aromatic carbocycles. The summed E-state index contributed by atoms with van der Waals surface area (Å²) in [5.74, 6) is 3.25. The molecule has 1 saturated heterocycles. The first kappa shape index (κ1) is 5.54. The average molecular weight is 139 g/mol. The van der Waals surface area contributed by atoms with Crippen LogP contribution in [0.25, 0.3) is 0 Å². The zero-order valence-corrected chi connectivity index (χ0v) is 5.97. The Morgan fingerprint density at radius 2 is 2.44 bits per heavy atom. The van der Waals surface area contributed by atoms with E-state index in [1.807, 2.05) is 18.0 Å². The Balaban J connectivity index is 2.18. The van der Waals surface area contributed by atoms with Crippen molar-refractivity contribution in [2.45, 2.75) is 6.04 Å². The van der Waals surface area contributed by atoms with Crippen molar-refractivity contribution in [3.8, 4) is 0 Å². The number of allylic oxidation sites excluding steroid dienone is 1. The van der Waals surface area contributed by atoms with E-state index in [4.69, 9.17) is 0 Å². The lowest BCUT2D eigenvalue weighted by molar-refractivity contribution is 0.622. The molecule has 48 valence electrons. The standard InChI is InChI=1S/C7H9NS/c1-2-6-4-9-5-7(6)8-3-1/h1-3,6-7H,4-5H2.